The molecule has 0 aliphatic rings. The Morgan fingerprint density at radius 1 is 1.30 bits per heavy atom. The van der Waals surface area contributed by atoms with Crippen LogP contribution in [0.1, 0.15) is 34.1 Å². The van der Waals surface area contributed by atoms with Crippen molar-refractivity contribution < 1.29 is 4.79 Å². The molecule has 23 heavy (non-hydrogen) atoms. The van der Waals surface area contributed by atoms with Crippen LogP contribution >= 0.6 is 0 Å². The maximum absolute atomic E-state index is 12.8. The van der Waals surface area contributed by atoms with Crippen LogP contribution in [-0.4, -0.2) is 20.7 Å². The summed E-state index contributed by atoms with van der Waals surface area (Å²) in [6.45, 7) is 4.49. The Labute approximate surface area is 135 Å². The van der Waals surface area contributed by atoms with E-state index in [1.807, 2.05) is 44.4 Å². The van der Waals surface area contributed by atoms with Gasteiger partial charge in [0.15, 0.2) is 0 Å². The average Bonchev–Trinajstić information content (AvgIpc) is 2.97. The Balaban J connectivity index is 1.97. The number of benzene rings is 1. The molecule has 0 fully saturated rings. The van der Waals surface area contributed by atoms with Crippen LogP contribution in [0.15, 0.2) is 36.7 Å². The first-order chi connectivity index (χ1) is 11.1. The third kappa shape index (κ3) is 2.95. The SMILES string of the molecule is CCc1nc2ccccc2c(C(=O)NCc2cnn(C)c2)c1C. The molecule has 0 saturated carbocycles. The summed E-state index contributed by atoms with van der Waals surface area (Å²) in [6, 6.07) is 7.79. The Morgan fingerprint density at radius 2 is 2.09 bits per heavy atom. The van der Waals surface area contributed by atoms with Crippen molar-refractivity contribution >= 4 is 16.8 Å². The van der Waals surface area contributed by atoms with Gasteiger partial charge in [-0.1, -0.05) is 25.1 Å². The van der Waals surface area contributed by atoms with E-state index in [0.29, 0.717) is 6.54 Å². The van der Waals surface area contributed by atoms with E-state index >= 15 is 0 Å². The first-order valence-electron chi connectivity index (χ1n) is 7.74. The van der Waals surface area contributed by atoms with E-state index in [1.54, 1.807) is 10.9 Å². The molecule has 5 nitrogen and oxygen atoms in total. The highest BCUT2D eigenvalue weighted by Gasteiger charge is 2.17. The Bertz CT molecular complexity index is 867. The highest BCUT2D eigenvalue weighted by molar-refractivity contribution is 6.07. The third-order valence-electron chi connectivity index (χ3n) is 4.01. The number of amides is 1. The molecule has 0 radical (unpaired) electrons. The summed E-state index contributed by atoms with van der Waals surface area (Å²) in [5, 5.41) is 8.00. The molecule has 1 N–H and O–H groups in total. The monoisotopic (exact) mass is 308 g/mol. The van der Waals surface area contributed by atoms with Gasteiger partial charge in [0.25, 0.3) is 5.91 Å². The maximum atomic E-state index is 12.8. The molecule has 3 rings (SSSR count). The van der Waals surface area contributed by atoms with Gasteiger partial charge in [-0.3, -0.25) is 14.5 Å². The van der Waals surface area contributed by atoms with Crippen molar-refractivity contribution in [1.82, 2.24) is 20.1 Å². The molecule has 0 unspecified atom stereocenters. The summed E-state index contributed by atoms with van der Waals surface area (Å²) in [5.41, 5.74) is 4.48. The normalized spacial score (nSPS) is 10.9. The Morgan fingerprint density at radius 3 is 2.78 bits per heavy atom. The van der Waals surface area contributed by atoms with Crippen LogP contribution in [0.2, 0.25) is 0 Å². The average molecular weight is 308 g/mol. The Kier molecular flexibility index (Phi) is 4.10. The van der Waals surface area contributed by atoms with E-state index in [1.165, 1.54) is 0 Å². The van der Waals surface area contributed by atoms with Gasteiger partial charge >= 0.3 is 0 Å². The molecule has 1 aromatic carbocycles. The van der Waals surface area contributed by atoms with E-state index in [9.17, 15) is 4.79 Å². The second-order valence-electron chi connectivity index (χ2n) is 5.63. The molecular formula is C18H20N4O. The van der Waals surface area contributed by atoms with E-state index in [-0.39, 0.29) is 5.91 Å². The highest BCUT2D eigenvalue weighted by atomic mass is 16.1. The van der Waals surface area contributed by atoms with Gasteiger partial charge in [-0.25, -0.2) is 0 Å². The first kappa shape index (κ1) is 15.2. The van der Waals surface area contributed by atoms with E-state index in [0.717, 1.165) is 39.7 Å². The Hall–Kier alpha value is -2.69. The summed E-state index contributed by atoms with van der Waals surface area (Å²) >= 11 is 0. The lowest BCUT2D eigenvalue weighted by molar-refractivity contribution is 0.0952. The number of hydrogen-bond donors (Lipinski definition) is 1. The molecular weight excluding hydrogens is 288 g/mol. The number of pyridine rings is 1. The van der Waals surface area contributed by atoms with Gasteiger partial charge in [-0.05, 0) is 25.0 Å². The van der Waals surface area contributed by atoms with Gasteiger partial charge in [0.2, 0.25) is 0 Å². The number of aromatic nitrogens is 3. The van der Waals surface area contributed by atoms with Gasteiger partial charge in [0.05, 0.1) is 17.3 Å². The van der Waals surface area contributed by atoms with Crippen molar-refractivity contribution in [2.75, 3.05) is 0 Å². The van der Waals surface area contributed by atoms with Crippen LogP contribution in [0.5, 0.6) is 0 Å². The van der Waals surface area contributed by atoms with E-state index in [2.05, 4.69) is 22.3 Å². The smallest absolute Gasteiger partial charge is 0.252 e. The second kappa shape index (κ2) is 6.20. The summed E-state index contributed by atoms with van der Waals surface area (Å²) in [7, 11) is 1.86. The summed E-state index contributed by atoms with van der Waals surface area (Å²) in [4.78, 5) is 17.4. The van der Waals surface area contributed by atoms with E-state index in [4.69, 9.17) is 0 Å². The molecule has 0 atom stereocenters. The number of carbonyl (C=O) groups excluding carboxylic acids is 1. The van der Waals surface area contributed by atoms with Crippen molar-refractivity contribution in [1.29, 1.82) is 0 Å². The van der Waals surface area contributed by atoms with Crippen LogP contribution in [0, 0.1) is 6.92 Å². The van der Waals surface area contributed by atoms with Crippen molar-refractivity contribution in [3.8, 4) is 0 Å². The standard InChI is InChI=1S/C18H20N4O/c1-4-15-12(2)17(14-7-5-6-8-16(14)21-15)18(23)19-9-13-10-20-22(3)11-13/h5-8,10-11H,4,9H2,1-3H3,(H,19,23). The van der Waals surface area contributed by atoms with Crippen molar-refractivity contribution in [3.63, 3.8) is 0 Å². The zero-order valence-corrected chi connectivity index (χ0v) is 13.6. The second-order valence-corrected chi connectivity index (χ2v) is 5.63. The molecule has 5 heteroatoms. The fourth-order valence-electron chi connectivity index (χ4n) is 2.83. The number of hydrogen-bond acceptors (Lipinski definition) is 3. The fourth-order valence-corrected chi connectivity index (χ4v) is 2.83. The predicted octanol–water partition coefficient (Wildman–Crippen LogP) is 2.77. The van der Waals surface area contributed by atoms with Gasteiger partial charge < -0.3 is 5.32 Å². The summed E-state index contributed by atoms with van der Waals surface area (Å²) < 4.78 is 1.73. The molecule has 0 aliphatic heterocycles. The third-order valence-corrected chi connectivity index (χ3v) is 4.01. The highest BCUT2D eigenvalue weighted by Crippen LogP contribution is 2.23. The maximum Gasteiger partial charge on any atom is 0.252 e. The van der Waals surface area contributed by atoms with Crippen LogP contribution in [0.3, 0.4) is 0 Å². The molecule has 0 saturated heterocycles. The molecule has 0 aliphatic carbocycles. The minimum atomic E-state index is -0.0698. The minimum absolute atomic E-state index is 0.0698. The zero-order valence-electron chi connectivity index (χ0n) is 13.6. The lowest BCUT2D eigenvalue weighted by Crippen LogP contribution is -2.24. The van der Waals surface area contributed by atoms with E-state index < -0.39 is 0 Å². The van der Waals surface area contributed by atoms with Crippen molar-refractivity contribution in [2.24, 2.45) is 7.05 Å². The number of aryl methyl sites for hydroxylation is 2. The number of rotatable bonds is 4. The minimum Gasteiger partial charge on any atom is -0.348 e. The molecule has 1 amide bonds. The van der Waals surface area contributed by atoms with Gasteiger partial charge in [-0.15, -0.1) is 0 Å². The van der Waals surface area contributed by atoms with Crippen molar-refractivity contribution in [3.05, 3.63) is 59.0 Å². The van der Waals surface area contributed by atoms with Crippen LogP contribution in [0.4, 0.5) is 0 Å². The van der Waals surface area contributed by atoms with Crippen LogP contribution in [-0.2, 0) is 20.0 Å². The molecule has 0 spiro atoms. The number of para-hydroxylation sites is 1. The topological polar surface area (TPSA) is 59.8 Å². The molecule has 3 aromatic rings. The lowest BCUT2D eigenvalue weighted by atomic mass is 9.99. The zero-order chi connectivity index (χ0) is 16.4. The van der Waals surface area contributed by atoms with Gasteiger partial charge in [0, 0.05) is 36.4 Å². The van der Waals surface area contributed by atoms with Gasteiger partial charge in [0.1, 0.15) is 0 Å². The lowest BCUT2D eigenvalue weighted by Gasteiger charge is -2.13. The predicted molar refractivity (Wildman–Crippen MR) is 90.2 cm³/mol. The fraction of sp³-hybridized carbons (Fsp3) is 0.278. The first-order valence-corrected chi connectivity index (χ1v) is 7.74. The number of carbonyl (C=O) groups is 1. The molecule has 0 bridgehead atoms. The van der Waals surface area contributed by atoms with Crippen molar-refractivity contribution in [2.45, 2.75) is 26.8 Å². The number of nitrogens with zero attached hydrogens (tertiary/aromatic N) is 3. The molecule has 118 valence electrons. The summed E-state index contributed by atoms with van der Waals surface area (Å²) in [5.74, 6) is -0.0698. The quantitative estimate of drug-likeness (QED) is 0.806. The molecule has 2 aromatic heterocycles. The van der Waals surface area contributed by atoms with Crippen LogP contribution in [0.25, 0.3) is 10.9 Å². The van der Waals surface area contributed by atoms with Crippen LogP contribution < -0.4 is 5.32 Å². The number of nitrogens with one attached hydrogen (secondary N) is 1. The summed E-state index contributed by atoms with van der Waals surface area (Å²) in [6.07, 6.45) is 4.46. The number of fused-ring (bicyclic) bond motifs is 1. The van der Waals surface area contributed by atoms with Gasteiger partial charge in [-0.2, -0.15) is 5.10 Å². The molecule has 2 heterocycles. The largest absolute Gasteiger partial charge is 0.348 e.